The van der Waals surface area contributed by atoms with Crippen molar-refractivity contribution in [3.05, 3.63) is 29.6 Å². The minimum absolute atomic E-state index is 0.263. The highest BCUT2D eigenvalue weighted by Crippen LogP contribution is 2.16. The molecule has 1 saturated heterocycles. The van der Waals surface area contributed by atoms with Crippen LogP contribution in [0.3, 0.4) is 0 Å². The molecule has 5 heteroatoms. The average molecular weight is 225 g/mol. The lowest BCUT2D eigenvalue weighted by Crippen LogP contribution is -2.21. The van der Waals surface area contributed by atoms with Gasteiger partial charge in [0.05, 0.1) is 6.54 Å². The molecule has 16 heavy (non-hydrogen) atoms. The van der Waals surface area contributed by atoms with Crippen molar-refractivity contribution in [1.82, 2.24) is 5.32 Å². The van der Waals surface area contributed by atoms with Crippen LogP contribution in [0.1, 0.15) is 5.56 Å². The second kappa shape index (κ2) is 4.38. The Kier molecular flexibility index (Phi) is 2.94. The number of benzene rings is 1. The van der Waals surface area contributed by atoms with Crippen molar-refractivity contribution in [3.8, 4) is 5.75 Å². The van der Waals surface area contributed by atoms with E-state index < -0.39 is 6.09 Å². The largest absolute Gasteiger partial charge is 0.490 e. The van der Waals surface area contributed by atoms with Crippen LogP contribution in [0, 0.1) is 12.7 Å². The van der Waals surface area contributed by atoms with Crippen LogP contribution in [0.15, 0.2) is 18.2 Å². The topological polar surface area (TPSA) is 47.6 Å². The van der Waals surface area contributed by atoms with Gasteiger partial charge in [0.1, 0.15) is 18.2 Å². The van der Waals surface area contributed by atoms with Crippen molar-refractivity contribution in [2.24, 2.45) is 0 Å². The molecule has 1 aliphatic heterocycles. The van der Waals surface area contributed by atoms with Gasteiger partial charge >= 0.3 is 6.09 Å². The van der Waals surface area contributed by atoms with E-state index in [4.69, 9.17) is 9.47 Å². The van der Waals surface area contributed by atoms with Crippen molar-refractivity contribution >= 4 is 6.09 Å². The summed E-state index contributed by atoms with van der Waals surface area (Å²) in [6, 6.07) is 4.51. The molecule has 1 aromatic carbocycles. The second-order valence-electron chi connectivity index (χ2n) is 3.63. The Morgan fingerprint density at radius 3 is 3.06 bits per heavy atom. The predicted octanol–water partition coefficient (Wildman–Crippen LogP) is 1.62. The lowest BCUT2D eigenvalue weighted by atomic mass is 10.2. The summed E-state index contributed by atoms with van der Waals surface area (Å²) in [6.07, 6.45) is -0.707. The lowest BCUT2D eigenvalue weighted by Gasteiger charge is -2.10. The maximum Gasteiger partial charge on any atom is 0.407 e. The van der Waals surface area contributed by atoms with Crippen LogP contribution in [-0.2, 0) is 4.74 Å². The van der Waals surface area contributed by atoms with Gasteiger partial charge in [-0.25, -0.2) is 9.18 Å². The van der Waals surface area contributed by atoms with E-state index in [0.717, 1.165) is 0 Å². The molecule has 0 aliphatic carbocycles. The molecule has 0 bridgehead atoms. The molecule has 1 aliphatic rings. The van der Waals surface area contributed by atoms with Crippen LogP contribution in [0.2, 0.25) is 0 Å². The van der Waals surface area contributed by atoms with Gasteiger partial charge in [-0.05, 0) is 30.7 Å². The Bertz CT molecular complexity index is 408. The van der Waals surface area contributed by atoms with Gasteiger partial charge in [0.2, 0.25) is 0 Å². The molecular weight excluding hydrogens is 213 g/mol. The van der Waals surface area contributed by atoms with E-state index in [1.165, 1.54) is 6.07 Å². The summed E-state index contributed by atoms with van der Waals surface area (Å²) in [4.78, 5) is 10.7. The summed E-state index contributed by atoms with van der Waals surface area (Å²) in [5, 5.41) is 2.53. The smallest absolute Gasteiger partial charge is 0.407 e. The zero-order valence-electron chi connectivity index (χ0n) is 8.83. The van der Waals surface area contributed by atoms with E-state index in [2.05, 4.69) is 5.32 Å². The van der Waals surface area contributed by atoms with E-state index in [1.54, 1.807) is 19.1 Å². The maximum absolute atomic E-state index is 13.0. The summed E-state index contributed by atoms with van der Waals surface area (Å²) < 4.78 is 23.2. The number of ether oxygens (including phenoxy) is 2. The highest BCUT2D eigenvalue weighted by Gasteiger charge is 2.22. The zero-order valence-corrected chi connectivity index (χ0v) is 8.83. The molecule has 1 unspecified atom stereocenters. The quantitative estimate of drug-likeness (QED) is 0.850. The highest BCUT2D eigenvalue weighted by atomic mass is 19.1. The fourth-order valence-corrected chi connectivity index (χ4v) is 1.42. The van der Waals surface area contributed by atoms with Crippen LogP contribution < -0.4 is 10.1 Å². The SMILES string of the molecule is Cc1cc(OCC2CNC(=O)O2)ccc1F. The van der Waals surface area contributed by atoms with Gasteiger partial charge in [0.15, 0.2) is 6.10 Å². The minimum atomic E-state index is -0.427. The predicted molar refractivity (Wildman–Crippen MR) is 54.9 cm³/mol. The third-order valence-corrected chi connectivity index (χ3v) is 2.31. The summed E-state index contributed by atoms with van der Waals surface area (Å²) in [5.41, 5.74) is 0.527. The number of alkyl carbamates (subject to hydrolysis) is 1. The monoisotopic (exact) mass is 225 g/mol. The second-order valence-corrected chi connectivity index (χ2v) is 3.63. The first-order chi connectivity index (χ1) is 7.65. The number of hydrogen-bond donors (Lipinski definition) is 1. The van der Waals surface area contributed by atoms with E-state index >= 15 is 0 Å². The number of carbonyl (C=O) groups is 1. The first-order valence-corrected chi connectivity index (χ1v) is 4.98. The number of cyclic esters (lactones) is 1. The molecule has 1 heterocycles. The Hall–Kier alpha value is -1.78. The van der Waals surface area contributed by atoms with E-state index in [-0.39, 0.29) is 18.5 Å². The fourth-order valence-electron chi connectivity index (χ4n) is 1.42. The Labute approximate surface area is 92.4 Å². The summed E-state index contributed by atoms with van der Waals surface area (Å²) >= 11 is 0. The molecule has 2 rings (SSSR count). The van der Waals surface area contributed by atoms with Crippen molar-refractivity contribution in [3.63, 3.8) is 0 Å². The number of nitrogens with one attached hydrogen (secondary N) is 1. The molecule has 4 nitrogen and oxygen atoms in total. The van der Waals surface area contributed by atoms with Gasteiger partial charge in [-0.1, -0.05) is 0 Å². The normalized spacial score (nSPS) is 19.1. The summed E-state index contributed by atoms with van der Waals surface area (Å²) in [5.74, 6) is 0.308. The number of halogens is 1. The number of carbonyl (C=O) groups excluding carboxylic acids is 1. The van der Waals surface area contributed by atoms with Crippen LogP contribution in [-0.4, -0.2) is 25.3 Å². The van der Waals surface area contributed by atoms with Gasteiger partial charge in [0, 0.05) is 0 Å². The van der Waals surface area contributed by atoms with Crippen molar-refractivity contribution in [2.45, 2.75) is 13.0 Å². The molecule has 0 spiro atoms. The molecule has 0 radical (unpaired) electrons. The molecular formula is C11H12FNO3. The van der Waals surface area contributed by atoms with Gasteiger partial charge in [0.25, 0.3) is 0 Å². The zero-order chi connectivity index (χ0) is 11.5. The average Bonchev–Trinajstić information content (AvgIpc) is 2.66. The van der Waals surface area contributed by atoms with Gasteiger partial charge in [-0.2, -0.15) is 0 Å². The summed E-state index contributed by atoms with van der Waals surface area (Å²) in [6.45, 7) is 2.38. The van der Waals surface area contributed by atoms with Crippen molar-refractivity contribution < 1.29 is 18.7 Å². The third kappa shape index (κ3) is 2.42. The number of hydrogen-bond acceptors (Lipinski definition) is 3. The van der Waals surface area contributed by atoms with Crippen LogP contribution in [0.4, 0.5) is 9.18 Å². The fraction of sp³-hybridized carbons (Fsp3) is 0.364. The maximum atomic E-state index is 13.0. The van der Waals surface area contributed by atoms with E-state index in [1.807, 2.05) is 0 Å². The Balaban J connectivity index is 1.89. The molecule has 1 atom stereocenters. The van der Waals surface area contributed by atoms with Crippen molar-refractivity contribution in [2.75, 3.05) is 13.2 Å². The molecule has 0 saturated carbocycles. The lowest BCUT2D eigenvalue weighted by molar-refractivity contribution is 0.105. The van der Waals surface area contributed by atoms with Gasteiger partial charge in [-0.3, -0.25) is 0 Å². The number of amides is 1. The van der Waals surface area contributed by atoms with Crippen molar-refractivity contribution in [1.29, 1.82) is 0 Å². The summed E-state index contributed by atoms with van der Waals surface area (Å²) in [7, 11) is 0. The van der Waals surface area contributed by atoms with Crippen LogP contribution >= 0.6 is 0 Å². The van der Waals surface area contributed by atoms with Gasteiger partial charge < -0.3 is 14.8 Å². The molecule has 1 aromatic rings. The van der Waals surface area contributed by atoms with Crippen LogP contribution in [0.5, 0.6) is 5.75 Å². The molecule has 1 N–H and O–H groups in total. The molecule has 0 aromatic heterocycles. The first-order valence-electron chi connectivity index (χ1n) is 4.98. The van der Waals surface area contributed by atoms with E-state index in [0.29, 0.717) is 17.9 Å². The highest BCUT2D eigenvalue weighted by molar-refractivity contribution is 5.69. The standard InChI is InChI=1S/C11H12FNO3/c1-7-4-8(2-3-10(7)12)15-6-9-5-13-11(14)16-9/h2-4,9H,5-6H2,1H3,(H,13,14). The number of aryl methyl sites for hydroxylation is 1. The first kappa shape index (κ1) is 10.7. The molecule has 1 fully saturated rings. The minimum Gasteiger partial charge on any atom is -0.490 e. The van der Waals surface area contributed by atoms with E-state index in [9.17, 15) is 9.18 Å². The third-order valence-electron chi connectivity index (χ3n) is 2.31. The molecule has 86 valence electrons. The number of rotatable bonds is 3. The Morgan fingerprint density at radius 1 is 1.62 bits per heavy atom. The molecule has 1 amide bonds. The van der Waals surface area contributed by atoms with Gasteiger partial charge in [-0.15, -0.1) is 0 Å². The van der Waals surface area contributed by atoms with Crippen LogP contribution in [0.25, 0.3) is 0 Å². The Morgan fingerprint density at radius 2 is 2.44 bits per heavy atom.